The van der Waals surface area contributed by atoms with Gasteiger partial charge in [-0.2, -0.15) is 0 Å². The van der Waals surface area contributed by atoms with Crippen LogP contribution in [0.1, 0.15) is 49.5 Å². The molecule has 1 saturated heterocycles. The number of hydrogen-bond donors (Lipinski definition) is 2. The lowest BCUT2D eigenvalue weighted by Crippen LogP contribution is -2.31. The molecule has 2 N–H and O–H groups in total. The molecular formula is C13H21N3. The van der Waals surface area contributed by atoms with Crippen LogP contribution >= 0.6 is 0 Å². The standard InChI is InChI=1S/C13H21N3/c1-4-11(5-1)12-9-15-13(16-12)7-10-3-2-6-14-8-10/h9-11,14H,1-8H2,(H,15,16). The van der Waals surface area contributed by atoms with E-state index in [2.05, 4.69) is 21.5 Å². The molecule has 2 aliphatic rings. The van der Waals surface area contributed by atoms with Gasteiger partial charge in [0.2, 0.25) is 0 Å². The summed E-state index contributed by atoms with van der Waals surface area (Å²) < 4.78 is 0. The molecule has 1 atom stereocenters. The average Bonchev–Trinajstić information content (AvgIpc) is 2.65. The molecule has 0 bridgehead atoms. The highest BCUT2D eigenvalue weighted by atomic mass is 14.9. The minimum Gasteiger partial charge on any atom is -0.346 e. The number of nitrogens with zero attached hydrogens (tertiary/aromatic N) is 1. The lowest BCUT2D eigenvalue weighted by atomic mass is 9.83. The number of piperidine rings is 1. The fraction of sp³-hybridized carbons (Fsp3) is 0.769. The second kappa shape index (κ2) is 4.58. The van der Waals surface area contributed by atoms with Crippen LogP contribution in [-0.2, 0) is 6.42 Å². The normalized spacial score (nSPS) is 26.6. The first-order chi connectivity index (χ1) is 7.92. The van der Waals surface area contributed by atoms with Gasteiger partial charge in [-0.05, 0) is 44.7 Å². The van der Waals surface area contributed by atoms with Gasteiger partial charge >= 0.3 is 0 Å². The van der Waals surface area contributed by atoms with E-state index in [1.165, 1.54) is 56.7 Å². The van der Waals surface area contributed by atoms with Crippen molar-refractivity contribution in [3.8, 4) is 0 Å². The first-order valence-electron chi connectivity index (χ1n) is 6.66. The minimum atomic E-state index is 0.783. The van der Waals surface area contributed by atoms with Gasteiger partial charge in [-0.1, -0.05) is 6.42 Å². The number of imidazole rings is 1. The molecule has 1 saturated carbocycles. The maximum Gasteiger partial charge on any atom is 0.106 e. The van der Waals surface area contributed by atoms with E-state index in [0.717, 1.165) is 18.3 Å². The van der Waals surface area contributed by atoms with E-state index in [1.54, 1.807) is 0 Å². The zero-order chi connectivity index (χ0) is 10.8. The first kappa shape index (κ1) is 10.3. The van der Waals surface area contributed by atoms with Gasteiger partial charge in [0.05, 0.1) is 0 Å². The van der Waals surface area contributed by atoms with Crippen molar-refractivity contribution in [2.45, 2.75) is 44.4 Å². The summed E-state index contributed by atoms with van der Waals surface area (Å²) in [6.45, 7) is 2.36. The molecule has 1 aromatic rings. The maximum absolute atomic E-state index is 4.53. The molecular weight excluding hydrogens is 198 g/mol. The molecule has 0 amide bonds. The Balaban J connectivity index is 1.58. The molecule has 0 radical (unpaired) electrons. The van der Waals surface area contributed by atoms with Gasteiger partial charge in [-0.15, -0.1) is 0 Å². The molecule has 3 rings (SSSR count). The zero-order valence-electron chi connectivity index (χ0n) is 9.84. The summed E-state index contributed by atoms with van der Waals surface area (Å²) in [5.41, 5.74) is 1.38. The quantitative estimate of drug-likeness (QED) is 0.818. The van der Waals surface area contributed by atoms with E-state index >= 15 is 0 Å². The molecule has 16 heavy (non-hydrogen) atoms. The van der Waals surface area contributed by atoms with Crippen LogP contribution in [0.2, 0.25) is 0 Å². The van der Waals surface area contributed by atoms with Crippen LogP contribution in [0.4, 0.5) is 0 Å². The van der Waals surface area contributed by atoms with Gasteiger partial charge in [0, 0.05) is 24.2 Å². The summed E-state index contributed by atoms with van der Waals surface area (Å²) in [4.78, 5) is 8.05. The SMILES string of the molecule is c1nc(CC2CCCNC2)[nH]c1C1CCC1. The highest BCUT2D eigenvalue weighted by molar-refractivity contribution is 5.10. The molecule has 1 unspecified atom stereocenters. The van der Waals surface area contributed by atoms with Crippen LogP contribution in [0.5, 0.6) is 0 Å². The topological polar surface area (TPSA) is 40.7 Å². The molecule has 0 aromatic carbocycles. The van der Waals surface area contributed by atoms with Gasteiger partial charge in [0.1, 0.15) is 5.82 Å². The number of H-pyrrole nitrogens is 1. The minimum absolute atomic E-state index is 0.783. The van der Waals surface area contributed by atoms with Crippen molar-refractivity contribution in [2.75, 3.05) is 13.1 Å². The number of aromatic amines is 1. The van der Waals surface area contributed by atoms with Gasteiger partial charge in [-0.3, -0.25) is 0 Å². The number of hydrogen-bond acceptors (Lipinski definition) is 2. The van der Waals surface area contributed by atoms with Gasteiger partial charge < -0.3 is 10.3 Å². The Morgan fingerprint density at radius 1 is 1.25 bits per heavy atom. The lowest BCUT2D eigenvalue weighted by molar-refractivity contribution is 0.370. The van der Waals surface area contributed by atoms with E-state index in [0.29, 0.717) is 0 Å². The molecule has 3 nitrogen and oxygen atoms in total. The van der Waals surface area contributed by atoms with Crippen LogP contribution in [0.25, 0.3) is 0 Å². The van der Waals surface area contributed by atoms with Crippen molar-refractivity contribution in [2.24, 2.45) is 5.92 Å². The Kier molecular flexibility index (Phi) is 2.96. The molecule has 88 valence electrons. The van der Waals surface area contributed by atoms with Crippen molar-refractivity contribution >= 4 is 0 Å². The summed E-state index contributed by atoms with van der Waals surface area (Å²) in [7, 11) is 0. The number of rotatable bonds is 3. The van der Waals surface area contributed by atoms with Crippen molar-refractivity contribution in [1.82, 2.24) is 15.3 Å². The Labute approximate surface area is 97.0 Å². The largest absolute Gasteiger partial charge is 0.346 e. The van der Waals surface area contributed by atoms with Crippen molar-refractivity contribution < 1.29 is 0 Å². The summed E-state index contributed by atoms with van der Waals surface area (Å²) >= 11 is 0. The molecule has 2 heterocycles. The summed E-state index contributed by atoms with van der Waals surface area (Å²) in [5, 5.41) is 3.47. The second-order valence-corrected chi connectivity index (χ2v) is 5.33. The Bertz CT molecular complexity index is 335. The van der Waals surface area contributed by atoms with Gasteiger partial charge in [-0.25, -0.2) is 4.98 Å². The monoisotopic (exact) mass is 219 g/mol. The lowest BCUT2D eigenvalue weighted by Gasteiger charge is -2.24. The summed E-state index contributed by atoms with van der Waals surface area (Å²) in [6.07, 6.45) is 9.97. The van der Waals surface area contributed by atoms with E-state index in [-0.39, 0.29) is 0 Å². The predicted molar refractivity (Wildman–Crippen MR) is 64.5 cm³/mol. The zero-order valence-corrected chi connectivity index (χ0v) is 9.84. The van der Waals surface area contributed by atoms with E-state index in [4.69, 9.17) is 0 Å². The van der Waals surface area contributed by atoms with Crippen LogP contribution in [0.3, 0.4) is 0 Å². The van der Waals surface area contributed by atoms with Crippen molar-refractivity contribution in [3.05, 3.63) is 17.7 Å². The smallest absolute Gasteiger partial charge is 0.106 e. The molecule has 1 aromatic heterocycles. The number of aromatic nitrogens is 2. The third-order valence-electron chi connectivity index (χ3n) is 4.07. The Morgan fingerprint density at radius 2 is 2.19 bits per heavy atom. The predicted octanol–water partition coefficient (Wildman–Crippen LogP) is 2.22. The molecule has 2 fully saturated rings. The van der Waals surface area contributed by atoms with E-state index in [9.17, 15) is 0 Å². The third kappa shape index (κ3) is 2.14. The Hall–Kier alpha value is -0.830. The fourth-order valence-electron chi connectivity index (χ4n) is 2.78. The molecule has 1 aliphatic heterocycles. The first-order valence-corrected chi connectivity index (χ1v) is 6.66. The van der Waals surface area contributed by atoms with E-state index in [1.807, 2.05) is 0 Å². The second-order valence-electron chi connectivity index (χ2n) is 5.33. The van der Waals surface area contributed by atoms with Crippen LogP contribution in [0.15, 0.2) is 6.20 Å². The van der Waals surface area contributed by atoms with Crippen molar-refractivity contribution in [3.63, 3.8) is 0 Å². The average molecular weight is 219 g/mol. The highest BCUT2D eigenvalue weighted by Gasteiger charge is 2.22. The molecule has 3 heteroatoms. The van der Waals surface area contributed by atoms with Crippen LogP contribution in [0, 0.1) is 5.92 Å². The Morgan fingerprint density at radius 3 is 2.88 bits per heavy atom. The maximum atomic E-state index is 4.53. The molecule has 1 aliphatic carbocycles. The summed E-state index contributed by atoms with van der Waals surface area (Å²) in [6, 6.07) is 0. The van der Waals surface area contributed by atoms with Crippen LogP contribution in [-0.4, -0.2) is 23.1 Å². The number of nitrogens with one attached hydrogen (secondary N) is 2. The highest BCUT2D eigenvalue weighted by Crippen LogP contribution is 2.35. The van der Waals surface area contributed by atoms with E-state index < -0.39 is 0 Å². The third-order valence-corrected chi connectivity index (χ3v) is 4.07. The molecule has 0 spiro atoms. The fourth-order valence-corrected chi connectivity index (χ4v) is 2.78. The van der Waals surface area contributed by atoms with Gasteiger partial charge in [0.15, 0.2) is 0 Å². The van der Waals surface area contributed by atoms with Crippen LogP contribution < -0.4 is 5.32 Å². The van der Waals surface area contributed by atoms with Crippen molar-refractivity contribution in [1.29, 1.82) is 0 Å². The van der Waals surface area contributed by atoms with Gasteiger partial charge in [0.25, 0.3) is 0 Å². The summed E-state index contributed by atoms with van der Waals surface area (Å²) in [5.74, 6) is 2.77.